The summed E-state index contributed by atoms with van der Waals surface area (Å²) in [6.07, 6.45) is 0.990. The third-order valence-corrected chi connectivity index (χ3v) is 3.03. The molecule has 0 spiro atoms. The molecule has 0 atom stereocenters. The topological polar surface area (TPSA) is 53.4 Å². The molecule has 1 aromatic carbocycles. The van der Waals surface area contributed by atoms with Crippen molar-refractivity contribution in [2.75, 3.05) is 7.11 Å². The van der Waals surface area contributed by atoms with Crippen LogP contribution in [0, 0.1) is 0 Å². The number of aromatic nitrogens is 2. The van der Waals surface area contributed by atoms with Gasteiger partial charge < -0.3 is 9.47 Å². The molecule has 102 valence electrons. The van der Waals surface area contributed by atoms with E-state index in [9.17, 15) is 4.79 Å². The van der Waals surface area contributed by atoms with Crippen molar-refractivity contribution in [1.82, 2.24) is 9.55 Å². The number of hydrogen-bond acceptors (Lipinski definition) is 4. The number of nitrogens with zero attached hydrogens (tertiary/aromatic N) is 2. The van der Waals surface area contributed by atoms with E-state index in [0.29, 0.717) is 16.8 Å². The molecule has 19 heavy (non-hydrogen) atoms. The van der Waals surface area contributed by atoms with Crippen LogP contribution in [0.3, 0.4) is 0 Å². The molecule has 1 aromatic heterocycles. The minimum absolute atomic E-state index is 0.459. The van der Waals surface area contributed by atoms with Crippen LogP contribution >= 0.6 is 15.9 Å². The Kier molecular flexibility index (Phi) is 3.54. The summed E-state index contributed by atoms with van der Waals surface area (Å²) >= 11 is 3.38. The lowest BCUT2D eigenvalue weighted by Crippen LogP contribution is -2.26. The molecule has 0 radical (unpaired) electrons. The smallest absolute Gasteiger partial charge is 0.420 e. The van der Waals surface area contributed by atoms with E-state index in [1.807, 2.05) is 20.8 Å². The highest BCUT2D eigenvalue weighted by Gasteiger charge is 2.20. The van der Waals surface area contributed by atoms with Gasteiger partial charge in [-0.25, -0.2) is 14.3 Å². The van der Waals surface area contributed by atoms with Crippen LogP contribution in [0.4, 0.5) is 4.79 Å². The number of hydrogen-bond donors (Lipinski definition) is 0. The summed E-state index contributed by atoms with van der Waals surface area (Å²) < 4.78 is 12.7. The highest BCUT2D eigenvalue weighted by Crippen LogP contribution is 2.29. The molecule has 0 saturated heterocycles. The molecule has 2 rings (SSSR count). The Morgan fingerprint density at radius 2 is 2.05 bits per heavy atom. The maximum Gasteiger partial charge on any atom is 0.420 e. The number of rotatable bonds is 1. The quantitative estimate of drug-likeness (QED) is 0.803. The van der Waals surface area contributed by atoms with Crippen LogP contribution in [0.1, 0.15) is 20.8 Å². The van der Waals surface area contributed by atoms with Crippen LogP contribution in [0.15, 0.2) is 22.9 Å². The fraction of sp³-hybridized carbons (Fsp3) is 0.385. The van der Waals surface area contributed by atoms with E-state index in [1.54, 1.807) is 19.2 Å². The molecule has 1 heterocycles. The predicted molar refractivity (Wildman–Crippen MR) is 75.6 cm³/mol. The van der Waals surface area contributed by atoms with Gasteiger partial charge in [0, 0.05) is 6.07 Å². The minimum atomic E-state index is -0.548. The first kappa shape index (κ1) is 13.9. The van der Waals surface area contributed by atoms with Gasteiger partial charge in [0.2, 0.25) is 0 Å². The second kappa shape index (κ2) is 4.85. The fourth-order valence-corrected chi connectivity index (χ4v) is 2.12. The molecule has 6 heteroatoms. The maximum absolute atomic E-state index is 12.1. The summed E-state index contributed by atoms with van der Waals surface area (Å²) in [7, 11) is 1.57. The fourth-order valence-electron chi connectivity index (χ4n) is 1.62. The number of imidazole rings is 1. The average Bonchev–Trinajstić information content (AvgIpc) is 2.68. The van der Waals surface area contributed by atoms with Crippen LogP contribution < -0.4 is 4.74 Å². The van der Waals surface area contributed by atoms with Gasteiger partial charge in [-0.3, -0.25) is 0 Å². The second-order valence-electron chi connectivity index (χ2n) is 5.07. The standard InChI is InChI=1S/C13H15BrN2O3/c1-13(2,3)19-12(17)16-7-15-9-5-8(14)11(18-4)6-10(9)16/h5-7H,1-4H3. The van der Waals surface area contributed by atoms with Gasteiger partial charge in [-0.1, -0.05) is 0 Å². The van der Waals surface area contributed by atoms with Crippen molar-refractivity contribution in [3.05, 3.63) is 22.9 Å². The van der Waals surface area contributed by atoms with Crippen LogP contribution in [0.2, 0.25) is 0 Å². The van der Waals surface area contributed by atoms with E-state index in [-0.39, 0.29) is 0 Å². The second-order valence-corrected chi connectivity index (χ2v) is 5.92. The lowest BCUT2D eigenvalue weighted by Gasteiger charge is -2.19. The summed E-state index contributed by atoms with van der Waals surface area (Å²) in [6, 6.07) is 3.55. The van der Waals surface area contributed by atoms with Gasteiger partial charge in [0.1, 0.15) is 17.7 Å². The van der Waals surface area contributed by atoms with Gasteiger partial charge in [0.05, 0.1) is 22.6 Å². The minimum Gasteiger partial charge on any atom is -0.495 e. The number of halogens is 1. The third-order valence-electron chi connectivity index (χ3n) is 2.41. The lowest BCUT2D eigenvalue weighted by atomic mass is 10.2. The summed E-state index contributed by atoms with van der Waals surface area (Å²) in [6.45, 7) is 5.46. The SMILES string of the molecule is COc1cc2c(cc1Br)ncn2C(=O)OC(C)(C)C. The Bertz CT molecular complexity index is 629. The first-order valence-corrected chi connectivity index (χ1v) is 6.55. The van der Waals surface area contributed by atoms with E-state index < -0.39 is 11.7 Å². The van der Waals surface area contributed by atoms with Crippen molar-refractivity contribution in [3.8, 4) is 5.75 Å². The zero-order valence-electron chi connectivity index (χ0n) is 11.2. The highest BCUT2D eigenvalue weighted by atomic mass is 79.9. The van der Waals surface area contributed by atoms with E-state index in [2.05, 4.69) is 20.9 Å². The number of ether oxygens (including phenoxy) is 2. The lowest BCUT2D eigenvalue weighted by molar-refractivity contribution is 0.0543. The number of benzene rings is 1. The van der Waals surface area contributed by atoms with Gasteiger partial charge in [-0.2, -0.15) is 0 Å². The molecule has 0 fully saturated rings. The Hall–Kier alpha value is -1.56. The first-order valence-electron chi connectivity index (χ1n) is 5.76. The molecule has 0 N–H and O–H groups in total. The molecule has 0 saturated carbocycles. The Balaban J connectivity index is 2.47. The Morgan fingerprint density at radius 1 is 1.37 bits per heavy atom. The Morgan fingerprint density at radius 3 is 2.63 bits per heavy atom. The highest BCUT2D eigenvalue weighted by molar-refractivity contribution is 9.10. The van der Waals surface area contributed by atoms with Crippen molar-refractivity contribution in [2.24, 2.45) is 0 Å². The van der Waals surface area contributed by atoms with E-state index >= 15 is 0 Å². The molecule has 0 aliphatic heterocycles. The predicted octanol–water partition coefficient (Wildman–Crippen LogP) is 3.59. The molecular formula is C13H15BrN2O3. The van der Waals surface area contributed by atoms with Gasteiger partial charge in [-0.05, 0) is 42.8 Å². The van der Waals surface area contributed by atoms with E-state index in [1.165, 1.54) is 10.9 Å². The van der Waals surface area contributed by atoms with Crippen molar-refractivity contribution >= 4 is 33.1 Å². The first-order chi connectivity index (χ1) is 8.81. The summed E-state index contributed by atoms with van der Waals surface area (Å²) in [5.41, 5.74) is 0.792. The normalized spacial score (nSPS) is 11.6. The number of fused-ring (bicyclic) bond motifs is 1. The van der Waals surface area contributed by atoms with Crippen LogP contribution in [0.25, 0.3) is 11.0 Å². The summed E-state index contributed by atoms with van der Waals surface area (Å²) in [4.78, 5) is 16.3. The zero-order valence-corrected chi connectivity index (χ0v) is 12.8. The van der Waals surface area contributed by atoms with E-state index in [4.69, 9.17) is 9.47 Å². The van der Waals surface area contributed by atoms with Crippen molar-refractivity contribution in [1.29, 1.82) is 0 Å². The molecule has 0 aliphatic carbocycles. The van der Waals surface area contributed by atoms with Crippen molar-refractivity contribution in [2.45, 2.75) is 26.4 Å². The molecule has 0 bridgehead atoms. The molecule has 5 nitrogen and oxygen atoms in total. The molecule has 2 aromatic rings. The van der Waals surface area contributed by atoms with Gasteiger partial charge in [0.25, 0.3) is 0 Å². The number of carbonyl (C=O) groups excluding carboxylic acids is 1. The summed E-state index contributed by atoms with van der Waals surface area (Å²) in [5.74, 6) is 0.637. The van der Waals surface area contributed by atoms with Crippen LogP contribution in [-0.4, -0.2) is 28.4 Å². The molecular weight excluding hydrogens is 312 g/mol. The molecule has 0 amide bonds. The number of carbonyl (C=O) groups is 1. The largest absolute Gasteiger partial charge is 0.495 e. The number of methoxy groups -OCH3 is 1. The summed E-state index contributed by atoms with van der Waals surface area (Å²) in [5, 5.41) is 0. The van der Waals surface area contributed by atoms with Gasteiger partial charge >= 0.3 is 6.09 Å². The van der Waals surface area contributed by atoms with Gasteiger partial charge in [0.15, 0.2) is 0 Å². The van der Waals surface area contributed by atoms with Gasteiger partial charge in [-0.15, -0.1) is 0 Å². The van der Waals surface area contributed by atoms with Crippen molar-refractivity contribution in [3.63, 3.8) is 0 Å². The van der Waals surface area contributed by atoms with Crippen LogP contribution in [-0.2, 0) is 4.74 Å². The molecule has 0 aliphatic rings. The average molecular weight is 327 g/mol. The van der Waals surface area contributed by atoms with Crippen molar-refractivity contribution < 1.29 is 14.3 Å². The monoisotopic (exact) mass is 326 g/mol. The van der Waals surface area contributed by atoms with Crippen LogP contribution in [0.5, 0.6) is 5.75 Å². The maximum atomic E-state index is 12.1. The third kappa shape index (κ3) is 2.89. The van der Waals surface area contributed by atoms with E-state index in [0.717, 1.165) is 4.47 Å². The zero-order chi connectivity index (χ0) is 14.2. The molecule has 0 unspecified atom stereocenters. The Labute approximate surface area is 119 Å².